The molecule has 4 aromatic carbocycles. The van der Waals surface area contributed by atoms with Crippen molar-refractivity contribution in [2.75, 3.05) is 13.2 Å². The van der Waals surface area contributed by atoms with Crippen LogP contribution in [0.1, 0.15) is 31.8 Å². The second-order valence-corrected chi connectivity index (χ2v) is 8.26. The molecule has 0 atom stereocenters. The number of carbonyl (C=O) groups is 2. The van der Waals surface area contributed by atoms with Crippen molar-refractivity contribution in [2.45, 2.75) is 0 Å². The van der Waals surface area contributed by atoms with Crippen LogP contribution in [0.25, 0.3) is 0 Å². The summed E-state index contributed by atoms with van der Waals surface area (Å²) in [7, 11) is 0. The fourth-order valence-corrected chi connectivity index (χ4v) is 3.37. The minimum Gasteiger partial charge on any atom is -0.507 e. The lowest BCUT2D eigenvalue weighted by Gasteiger charge is -2.09. The number of nitrogens with one attached hydrogen (secondary N) is 2. The van der Waals surface area contributed by atoms with Gasteiger partial charge in [0, 0.05) is 22.3 Å². The van der Waals surface area contributed by atoms with Crippen molar-refractivity contribution < 1.29 is 29.3 Å². The van der Waals surface area contributed by atoms with Gasteiger partial charge in [0.2, 0.25) is 0 Å². The first-order chi connectivity index (χ1) is 19.5. The lowest BCUT2D eigenvalue weighted by atomic mass is 10.2. The maximum absolute atomic E-state index is 12.2. The van der Waals surface area contributed by atoms with E-state index in [1.165, 1.54) is 24.6 Å². The quantitative estimate of drug-likeness (QED) is 0.129. The zero-order valence-electron chi connectivity index (χ0n) is 21.2. The van der Waals surface area contributed by atoms with E-state index in [1.807, 2.05) is 0 Å². The highest BCUT2D eigenvalue weighted by Crippen LogP contribution is 2.16. The first kappa shape index (κ1) is 27.4. The fourth-order valence-electron chi connectivity index (χ4n) is 3.37. The Balaban J connectivity index is 1.17. The van der Waals surface area contributed by atoms with E-state index in [1.54, 1.807) is 84.9 Å². The molecule has 4 rings (SSSR count). The van der Waals surface area contributed by atoms with Crippen molar-refractivity contribution in [3.63, 3.8) is 0 Å². The number of benzene rings is 4. The molecular weight excluding hydrogens is 512 g/mol. The van der Waals surface area contributed by atoms with Crippen LogP contribution in [0.3, 0.4) is 0 Å². The number of ether oxygens (including phenoxy) is 2. The summed E-state index contributed by atoms with van der Waals surface area (Å²) in [4.78, 5) is 24.5. The van der Waals surface area contributed by atoms with Crippen LogP contribution in [0, 0.1) is 0 Å². The third kappa shape index (κ3) is 7.93. The van der Waals surface area contributed by atoms with E-state index in [0.29, 0.717) is 33.8 Å². The van der Waals surface area contributed by atoms with Gasteiger partial charge in [0.05, 0.1) is 12.4 Å². The van der Waals surface area contributed by atoms with Crippen LogP contribution in [0.5, 0.6) is 23.0 Å². The average molecular weight is 539 g/mol. The molecule has 0 fully saturated rings. The highest BCUT2D eigenvalue weighted by Gasteiger charge is 2.06. The topological polar surface area (TPSA) is 142 Å². The molecule has 10 heteroatoms. The van der Waals surface area contributed by atoms with E-state index < -0.39 is 11.8 Å². The molecule has 0 aliphatic heterocycles. The number of carbonyl (C=O) groups excluding carboxylic acids is 2. The molecule has 0 saturated carbocycles. The monoisotopic (exact) mass is 538 g/mol. The van der Waals surface area contributed by atoms with E-state index in [4.69, 9.17) is 9.47 Å². The molecule has 0 radical (unpaired) electrons. The number of rotatable bonds is 11. The number of phenolic OH excluding ortho intramolecular Hbond substituents is 2. The summed E-state index contributed by atoms with van der Waals surface area (Å²) < 4.78 is 11.3. The van der Waals surface area contributed by atoms with Gasteiger partial charge >= 0.3 is 0 Å². The molecule has 0 spiro atoms. The zero-order chi connectivity index (χ0) is 28.2. The number of para-hydroxylation sites is 2. The number of phenols is 2. The Morgan fingerprint density at radius 1 is 0.600 bits per heavy atom. The SMILES string of the molecule is O=C(N/N=C/c1ccccc1O)c1ccc(OCCOc2ccc(C(=O)N/N=C/c3ccccc3O)cc2)cc1. The second kappa shape index (κ2) is 13.8. The number of nitrogens with zero attached hydrogens (tertiary/aromatic N) is 2. The molecule has 0 aliphatic carbocycles. The van der Waals surface area contributed by atoms with Crippen molar-refractivity contribution in [1.82, 2.24) is 10.9 Å². The molecular formula is C30H26N4O6. The lowest BCUT2D eigenvalue weighted by molar-refractivity contribution is 0.0947. The van der Waals surface area contributed by atoms with Crippen LogP contribution in [0.4, 0.5) is 0 Å². The summed E-state index contributed by atoms with van der Waals surface area (Å²) in [5.74, 6) is 0.461. The predicted molar refractivity (Wildman–Crippen MR) is 150 cm³/mol. The molecule has 10 nitrogen and oxygen atoms in total. The first-order valence-corrected chi connectivity index (χ1v) is 12.2. The fraction of sp³-hybridized carbons (Fsp3) is 0.0667. The standard InChI is InChI=1S/C30H26N4O6/c35-27-7-3-1-5-23(27)19-31-33-29(37)21-9-13-25(14-10-21)39-17-18-40-26-15-11-22(12-16-26)30(38)34-32-20-24-6-2-4-8-28(24)36/h1-16,19-20,35-36H,17-18H2,(H,33,37)(H,34,38)/b31-19+,32-20+. The third-order valence-corrected chi connectivity index (χ3v) is 5.47. The summed E-state index contributed by atoms with van der Waals surface area (Å²) in [6, 6.07) is 26.4. The molecule has 4 N–H and O–H groups in total. The summed E-state index contributed by atoms with van der Waals surface area (Å²) in [6.07, 6.45) is 2.73. The van der Waals surface area contributed by atoms with Gasteiger partial charge in [-0.25, -0.2) is 10.9 Å². The van der Waals surface area contributed by atoms with Crippen molar-refractivity contribution in [3.05, 3.63) is 119 Å². The maximum Gasteiger partial charge on any atom is 0.271 e. The van der Waals surface area contributed by atoms with Crippen LogP contribution >= 0.6 is 0 Å². The van der Waals surface area contributed by atoms with Gasteiger partial charge < -0.3 is 19.7 Å². The molecule has 4 aromatic rings. The van der Waals surface area contributed by atoms with Gasteiger partial charge in [0.25, 0.3) is 11.8 Å². The maximum atomic E-state index is 12.2. The van der Waals surface area contributed by atoms with Gasteiger partial charge in [0.15, 0.2) is 0 Å². The highest BCUT2D eigenvalue weighted by molar-refractivity contribution is 5.96. The van der Waals surface area contributed by atoms with E-state index in [-0.39, 0.29) is 24.7 Å². The second-order valence-electron chi connectivity index (χ2n) is 8.26. The Bertz CT molecular complexity index is 1390. The smallest absolute Gasteiger partial charge is 0.271 e. The first-order valence-electron chi connectivity index (χ1n) is 12.2. The third-order valence-electron chi connectivity index (χ3n) is 5.47. The van der Waals surface area contributed by atoms with Crippen LogP contribution in [0.2, 0.25) is 0 Å². The van der Waals surface area contributed by atoms with Gasteiger partial charge in [-0.3, -0.25) is 9.59 Å². The Labute approximate surface area is 230 Å². The van der Waals surface area contributed by atoms with E-state index >= 15 is 0 Å². The Morgan fingerprint density at radius 3 is 1.35 bits per heavy atom. The van der Waals surface area contributed by atoms with Gasteiger partial charge in [-0.15, -0.1) is 0 Å². The summed E-state index contributed by atoms with van der Waals surface area (Å²) in [5.41, 5.74) is 6.59. The molecule has 0 aliphatic rings. The molecule has 0 saturated heterocycles. The average Bonchev–Trinajstić information content (AvgIpc) is 2.98. The molecule has 202 valence electrons. The largest absolute Gasteiger partial charge is 0.507 e. The normalized spacial score (nSPS) is 10.9. The zero-order valence-corrected chi connectivity index (χ0v) is 21.2. The Morgan fingerprint density at radius 2 is 0.975 bits per heavy atom. The predicted octanol–water partition coefficient (Wildman–Crippen LogP) is 4.08. The number of hydrogen-bond donors (Lipinski definition) is 4. The van der Waals surface area contributed by atoms with E-state index in [2.05, 4.69) is 21.1 Å². The van der Waals surface area contributed by atoms with Crippen molar-refractivity contribution >= 4 is 24.2 Å². The summed E-state index contributed by atoms with van der Waals surface area (Å²) in [5, 5.41) is 27.2. The highest BCUT2D eigenvalue weighted by atomic mass is 16.5. The van der Waals surface area contributed by atoms with Gasteiger partial charge in [-0.2, -0.15) is 10.2 Å². The van der Waals surface area contributed by atoms with Crippen molar-refractivity contribution in [3.8, 4) is 23.0 Å². The molecule has 0 bridgehead atoms. The minimum atomic E-state index is -0.402. The minimum absolute atomic E-state index is 0.0684. The number of amides is 2. The number of aromatic hydroxyl groups is 2. The summed E-state index contributed by atoms with van der Waals surface area (Å²) in [6.45, 7) is 0.527. The van der Waals surface area contributed by atoms with Crippen LogP contribution < -0.4 is 20.3 Å². The molecule has 0 unspecified atom stereocenters. The van der Waals surface area contributed by atoms with Gasteiger partial charge in [-0.1, -0.05) is 24.3 Å². The van der Waals surface area contributed by atoms with Crippen LogP contribution in [0.15, 0.2) is 107 Å². The summed E-state index contributed by atoms with van der Waals surface area (Å²) >= 11 is 0. The molecule has 0 aromatic heterocycles. The van der Waals surface area contributed by atoms with Crippen LogP contribution in [-0.4, -0.2) is 47.7 Å². The van der Waals surface area contributed by atoms with E-state index in [0.717, 1.165) is 0 Å². The molecule has 0 heterocycles. The lowest BCUT2D eigenvalue weighted by Crippen LogP contribution is -2.17. The van der Waals surface area contributed by atoms with E-state index in [9.17, 15) is 19.8 Å². The van der Waals surface area contributed by atoms with Crippen LogP contribution in [-0.2, 0) is 0 Å². The van der Waals surface area contributed by atoms with Gasteiger partial charge in [0.1, 0.15) is 36.2 Å². The number of hydrazone groups is 2. The van der Waals surface area contributed by atoms with Gasteiger partial charge in [-0.05, 0) is 72.8 Å². The van der Waals surface area contributed by atoms with Crippen molar-refractivity contribution in [2.24, 2.45) is 10.2 Å². The van der Waals surface area contributed by atoms with Crippen molar-refractivity contribution in [1.29, 1.82) is 0 Å². The number of hydrogen-bond acceptors (Lipinski definition) is 8. The Hall–Kier alpha value is -5.64. The molecule has 40 heavy (non-hydrogen) atoms. The Kier molecular flexibility index (Phi) is 9.43. The molecule has 2 amide bonds.